The third-order valence-electron chi connectivity index (χ3n) is 5.25. The molecular formula is C24H23N3O6S. The molecule has 4 aromatic rings. The number of rotatable bonds is 8. The summed E-state index contributed by atoms with van der Waals surface area (Å²) >= 11 is 1.36. The molecule has 0 spiro atoms. The Bertz CT molecular complexity index is 1410. The zero-order chi connectivity index (χ0) is 24.2. The number of nitrogens with zero attached hydrogens (tertiary/aromatic N) is 2. The van der Waals surface area contributed by atoms with Gasteiger partial charge in [0.2, 0.25) is 5.91 Å². The van der Waals surface area contributed by atoms with E-state index in [1.54, 1.807) is 51.7 Å². The Morgan fingerprint density at radius 1 is 0.971 bits per heavy atom. The van der Waals surface area contributed by atoms with Crippen LogP contribution in [0.5, 0.6) is 23.0 Å². The molecule has 0 fully saturated rings. The number of benzene rings is 2. The number of amides is 1. The molecule has 2 aromatic carbocycles. The van der Waals surface area contributed by atoms with Gasteiger partial charge in [-0.2, -0.15) is 0 Å². The average molecular weight is 482 g/mol. The molecule has 0 aliphatic heterocycles. The molecule has 2 heterocycles. The summed E-state index contributed by atoms with van der Waals surface area (Å²) in [7, 11) is 6.16. The maximum Gasteiger partial charge on any atom is 0.263 e. The average Bonchev–Trinajstić information content (AvgIpc) is 3.30. The van der Waals surface area contributed by atoms with Crippen LogP contribution >= 0.6 is 11.3 Å². The molecule has 9 nitrogen and oxygen atoms in total. The van der Waals surface area contributed by atoms with Gasteiger partial charge in [0.1, 0.15) is 22.9 Å². The smallest absolute Gasteiger partial charge is 0.263 e. The van der Waals surface area contributed by atoms with Crippen molar-refractivity contribution in [3.63, 3.8) is 0 Å². The van der Waals surface area contributed by atoms with Crippen LogP contribution in [0.2, 0.25) is 0 Å². The monoisotopic (exact) mass is 481 g/mol. The first-order chi connectivity index (χ1) is 16.5. The SMILES string of the molecule is COc1ccc(NC(=O)Cn2cnc3scc(-c4ccc(OC)c(OC)c4)c3c2=O)c(OC)c1. The van der Waals surface area contributed by atoms with Crippen LogP contribution in [0.3, 0.4) is 0 Å². The standard InChI is InChI=1S/C24H23N3O6S/c1-30-15-6-7-17(19(10-15)32-3)26-21(28)11-27-13-25-23-22(24(27)29)16(12-34-23)14-5-8-18(31-2)20(9-14)33-4/h5-10,12-13H,11H2,1-4H3,(H,26,28). The molecule has 1 N–H and O–H groups in total. The number of fused-ring (bicyclic) bond motifs is 1. The lowest BCUT2D eigenvalue weighted by Gasteiger charge is -2.12. The second kappa shape index (κ2) is 9.84. The number of methoxy groups -OCH3 is 4. The highest BCUT2D eigenvalue weighted by atomic mass is 32.1. The normalized spacial score (nSPS) is 10.7. The molecule has 0 unspecified atom stereocenters. The summed E-state index contributed by atoms with van der Waals surface area (Å²) in [5.74, 6) is 1.79. The molecule has 1 amide bonds. The highest BCUT2D eigenvalue weighted by Crippen LogP contribution is 2.36. The van der Waals surface area contributed by atoms with Crippen LogP contribution in [0.4, 0.5) is 5.69 Å². The van der Waals surface area contributed by atoms with Gasteiger partial charge < -0.3 is 24.3 Å². The Balaban J connectivity index is 1.65. The van der Waals surface area contributed by atoms with E-state index in [1.165, 1.54) is 29.3 Å². The predicted molar refractivity (Wildman–Crippen MR) is 131 cm³/mol. The Morgan fingerprint density at radius 2 is 1.74 bits per heavy atom. The summed E-state index contributed by atoms with van der Waals surface area (Å²) in [6.07, 6.45) is 1.38. The Kier molecular flexibility index (Phi) is 6.69. The second-order valence-electron chi connectivity index (χ2n) is 7.19. The minimum absolute atomic E-state index is 0.210. The van der Waals surface area contributed by atoms with Crippen LogP contribution in [-0.2, 0) is 11.3 Å². The summed E-state index contributed by atoms with van der Waals surface area (Å²) < 4.78 is 22.5. The summed E-state index contributed by atoms with van der Waals surface area (Å²) in [6, 6.07) is 10.5. The number of nitrogens with one attached hydrogen (secondary N) is 1. The number of thiophene rings is 1. The fraction of sp³-hybridized carbons (Fsp3) is 0.208. The molecule has 34 heavy (non-hydrogen) atoms. The lowest BCUT2D eigenvalue weighted by atomic mass is 10.1. The van der Waals surface area contributed by atoms with E-state index in [9.17, 15) is 9.59 Å². The molecule has 2 aromatic heterocycles. The molecule has 0 saturated carbocycles. The first-order valence-electron chi connectivity index (χ1n) is 10.2. The molecule has 4 rings (SSSR count). The minimum atomic E-state index is -0.394. The van der Waals surface area contributed by atoms with E-state index in [0.29, 0.717) is 44.5 Å². The molecule has 0 radical (unpaired) electrons. The van der Waals surface area contributed by atoms with Crippen LogP contribution in [0.15, 0.2) is 52.9 Å². The molecule has 176 valence electrons. The number of hydrogen-bond acceptors (Lipinski definition) is 8. The van der Waals surface area contributed by atoms with Crippen LogP contribution in [0.1, 0.15) is 0 Å². The van der Waals surface area contributed by atoms with Gasteiger partial charge in [-0.05, 0) is 29.8 Å². The quantitative estimate of drug-likeness (QED) is 0.409. The molecule has 0 atom stereocenters. The summed E-state index contributed by atoms with van der Waals surface area (Å²) in [5.41, 5.74) is 1.66. The number of hydrogen-bond donors (Lipinski definition) is 1. The van der Waals surface area contributed by atoms with E-state index in [4.69, 9.17) is 18.9 Å². The van der Waals surface area contributed by atoms with Crippen molar-refractivity contribution >= 4 is 33.1 Å². The lowest BCUT2D eigenvalue weighted by Crippen LogP contribution is -2.27. The van der Waals surface area contributed by atoms with Gasteiger partial charge in [-0.25, -0.2) is 4.98 Å². The Hall–Kier alpha value is -4.05. The van der Waals surface area contributed by atoms with Crippen molar-refractivity contribution in [3.05, 3.63) is 58.5 Å². The Morgan fingerprint density at radius 3 is 2.44 bits per heavy atom. The van der Waals surface area contributed by atoms with Crippen LogP contribution in [0, 0.1) is 0 Å². The topological polar surface area (TPSA) is 101 Å². The van der Waals surface area contributed by atoms with Crippen molar-refractivity contribution in [2.45, 2.75) is 6.54 Å². The molecule has 0 aliphatic rings. The van der Waals surface area contributed by atoms with E-state index >= 15 is 0 Å². The van der Waals surface area contributed by atoms with Gasteiger partial charge in [0, 0.05) is 17.0 Å². The fourth-order valence-electron chi connectivity index (χ4n) is 3.54. The van der Waals surface area contributed by atoms with Gasteiger partial charge in [-0.15, -0.1) is 11.3 Å². The third-order valence-corrected chi connectivity index (χ3v) is 6.14. The van der Waals surface area contributed by atoms with Gasteiger partial charge in [-0.1, -0.05) is 6.07 Å². The van der Waals surface area contributed by atoms with Gasteiger partial charge in [-0.3, -0.25) is 14.2 Å². The fourth-order valence-corrected chi connectivity index (χ4v) is 4.45. The number of carbonyl (C=O) groups excluding carboxylic acids is 1. The van der Waals surface area contributed by atoms with E-state index in [2.05, 4.69) is 10.3 Å². The minimum Gasteiger partial charge on any atom is -0.497 e. The van der Waals surface area contributed by atoms with Gasteiger partial charge in [0.25, 0.3) is 5.56 Å². The van der Waals surface area contributed by atoms with E-state index in [-0.39, 0.29) is 12.1 Å². The van der Waals surface area contributed by atoms with Gasteiger partial charge in [0.05, 0.1) is 45.8 Å². The summed E-state index contributed by atoms with van der Waals surface area (Å²) in [5, 5.41) is 5.08. The maximum atomic E-state index is 13.3. The molecule has 0 bridgehead atoms. The molecular weight excluding hydrogens is 458 g/mol. The lowest BCUT2D eigenvalue weighted by molar-refractivity contribution is -0.116. The third kappa shape index (κ3) is 4.40. The summed E-state index contributed by atoms with van der Waals surface area (Å²) in [6.45, 7) is -0.210. The molecule has 0 aliphatic carbocycles. The number of ether oxygens (including phenoxy) is 4. The first-order valence-corrected chi connectivity index (χ1v) is 11.1. The molecule has 10 heteroatoms. The van der Waals surface area contributed by atoms with E-state index in [0.717, 1.165) is 5.56 Å². The van der Waals surface area contributed by atoms with Crippen molar-refractivity contribution in [2.24, 2.45) is 0 Å². The van der Waals surface area contributed by atoms with Crippen molar-refractivity contribution in [1.29, 1.82) is 0 Å². The first kappa shape index (κ1) is 23.1. The van der Waals surface area contributed by atoms with Gasteiger partial charge in [0.15, 0.2) is 11.5 Å². The molecule has 0 saturated heterocycles. The highest BCUT2D eigenvalue weighted by Gasteiger charge is 2.17. The zero-order valence-corrected chi connectivity index (χ0v) is 19.9. The van der Waals surface area contributed by atoms with Gasteiger partial charge >= 0.3 is 0 Å². The van der Waals surface area contributed by atoms with Crippen LogP contribution < -0.4 is 29.8 Å². The highest BCUT2D eigenvalue weighted by molar-refractivity contribution is 7.17. The Labute approximate surface area is 199 Å². The zero-order valence-electron chi connectivity index (χ0n) is 19.1. The van der Waals surface area contributed by atoms with E-state index in [1.807, 2.05) is 11.4 Å². The van der Waals surface area contributed by atoms with Crippen LogP contribution in [0.25, 0.3) is 21.3 Å². The van der Waals surface area contributed by atoms with Crippen molar-refractivity contribution in [1.82, 2.24) is 9.55 Å². The van der Waals surface area contributed by atoms with Crippen molar-refractivity contribution in [2.75, 3.05) is 33.8 Å². The van der Waals surface area contributed by atoms with Crippen molar-refractivity contribution < 1.29 is 23.7 Å². The van der Waals surface area contributed by atoms with Crippen molar-refractivity contribution in [3.8, 4) is 34.1 Å². The number of aromatic nitrogens is 2. The predicted octanol–water partition coefficient (Wildman–Crippen LogP) is 3.80. The second-order valence-corrected chi connectivity index (χ2v) is 8.05. The number of anilines is 1. The van der Waals surface area contributed by atoms with Crippen LogP contribution in [-0.4, -0.2) is 43.9 Å². The van der Waals surface area contributed by atoms with E-state index < -0.39 is 5.91 Å². The largest absolute Gasteiger partial charge is 0.497 e. The number of carbonyl (C=O) groups is 1. The maximum absolute atomic E-state index is 13.3. The summed E-state index contributed by atoms with van der Waals surface area (Å²) in [4.78, 5) is 31.0.